The molecule has 3 heteroatoms. The molecular formula is C6H11N3. The lowest BCUT2D eigenvalue weighted by Crippen LogP contribution is -2.14. The van der Waals surface area contributed by atoms with Crippen molar-refractivity contribution in [2.75, 3.05) is 6.54 Å². The van der Waals surface area contributed by atoms with E-state index in [-0.39, 0.29) is 0 Å². The Morgan fingerprint density at radius 2 is 2.56 bits per heavy atom. The summed E-state index contributed by atoms with van der Waals surface area (Å²) >= 11 is 0. The van der Waals surface area contributed by atoms with Crippen LogP contribution in [-0.2, 0) is 0 Å². The third-order valence-electron chi connectivity index (χ3n) is 1.37. The third-order valence-corrected chi connectivity index (χ3v) is 1.37. The molecule has 0 radical (unpaired) electrons. The van der Waals surface area contributed by atoms with Crippen LogP contribution < -0.4 is 5.73 Å². The Morgan fingerprint density at radius 1 is 1.78 bits per heavy atom. The van der Waals surface area contributed by atoms with Gasteiger partial charge in [-0.05, 0) is 6.92 Å². The zero-order valence-electron chi connectivity index (χ0n) is 5.49. The molecule has 0 saturated carbocycles. The molecule has 50 valence electrons. The highest BCUT2D eigenvalue weighted by Crippen LogP contribution is 1.99. The molecule has 0 saturated heterocycles. The van der Waals surface area contributed by atoms with E-state index in [0.29, 0.717) is 12.6 Å². The molecule has 0 aliphatic rings. The van der Waals surface area contributed by atoms with E-state index in [0.717, 1.165) is 0 Å². The number of hydrogen-bond acceptors (Lipinski definition) is 2. The molecule has 1 atom stereocenters. The normalized spacial score (nSPS) is 13.6. The third kappa shape index (κ3) is 1.29. The van der Waals surface area contributed by atoms with Crippen LogP contribution in [0.3, 0.4) is 0 Å². The average molecular weight is 125 g/mol. The predicted octanol–water partition coefficient (Wildman–Crippen LogP) is 0.403. The monoisotopic (exact) mass is 125 g/mol. The summed E-state index contributed by atoms with van der Waals surface area (Å²) in [7, 11) is 0. The molecule has 0 bridgehead atoms. The van der Waals surface area contributed by atoms with Crippen molar-refractivity contribution in [1.29, 1.82) is 0 Å². The van der Waals surface area contributed by atoms with Gasteiger partial charge in [0.05, 0.1) is 6.33 Å². The highest BCUT2D eigenvalue weighted by molar-refractivity contribution is 4.78. The van der Waals surface area contributed by atoms with Crippen LogP contribution in [0.15, 0.2) is 18.7 Å². The first-order valence-electron chi connectivity index (χ1n) is 3.02. The van der Waals surface area contributed by atoms with Crippen molar-refractivity contribution in [3.05, 3.63) is 18.7 Å². The van der Waals surface area contributed by atoms with Crippen LogP contribution in [0.1, 0.15) is 13.0 Å². The van der Waals surface area contributed by atoms with E-state index in [2.05, 4.69) is 11.9 Å². The van der Waals surface area contributed by atoms with Gasteiger partial charge in [-0.1, -0.05) is 0 Å². The van der Waals surface area contributed by atoms with E-state index in [1.807, 2.05) is 10.8 Å². The Labute approximate surface area is 54.5 Å². The number of nitrogens with zero attached hydrogens (tertiary/aromatic N) is 2. The molecule has 0 amide bonds. The molecule has 1 heterocycles. The Hall–Kier alpha value is -0.830. The first-order chi connectivity index (χ1) is 4.34. The molecular weight excluding hydrogens is 114 g/mol. The first-order valence-corrected chi connectivity index (χ1v) is 3.02. The standard InChI is InChI=1S/C6H11N3/c1-6(4-7)9-3-2-8-5-9/h2-3,5-6H,4,7H2,1H3/t6-/m0/s1. The number of hydrogen-bond donors (Lipinski definition) is 1. The zero-order chi connectivity index (χ0) is 6.69. The van der Waals surface area contributed by atoms with Crippen LogP contribution in [0.25, 0.3) is 0 Å². The fourth-order valence-corrected chi connectivity index (χ4v) is 0.652. The fraction of sp³-hybridized carbons (Fsp3) is 0.500. The van der Waals surface area contributed by atoms with Gasteiger partial charge in [-0.25, -0.2) is 4.98 Å². The van der Waals surface area contributed by atoms with Crippen molar-refractivity contribution in [3.8, 4) is 0 Å². The predicted molar refractivity (Wildman–Crippen MR) is 36.0 cm³/mol. The van der Waals surface area contributed by atoms with Crippen molar-refractivity contribution in [3.63, 3.8) is 0 Å². The molecule has 9 heavy (non-hydrogen) atoms. The van der Waals surface area contributed by atoms with Crippen LogP contribution in [0, 0.1) is 0 Å². The summed E-state index contributed by atoms with van der Waals surface area (Å²) in [5.41, 5.74) is 5.41. The molecule has 0 aliphatic carbocycles. The van der Waals surface area contributed by atoms with Gasteiger partial charge in [0.25, 0.3) is 0 Å². The summed E-state index contributed by atoms with van der Waals surface area (Å²) in [5.74, 6) is 0. The van der Waals surface area contributed by atoms with Gasteiger partial charge in [0.2, 0.25) is 0 Å². The van der Waals surface area contributed by atoms with E-state index in [1.54, 1.807) is 12.5 Å². The van der Waals surface area contributed by atoms with Crippen LogP contribution in [0.2, 0.25) is 0 Å². The van der Waals surface area contributed by atoms with Crippen LogP contribution in [-0.4, -0.2) is 16.1 Å². The minimum atomic E-state index is 0.368. The van der Waals surface area contributed by atoms with Crippen LogP contribution >= 0.6 is 0 Å². The van der Waals surface area contributed by atoms with Crippen molar-refractivity contribution in [2.45, 2.75) is 13.0 Å². The topological polar surface area (TPSA) is 43.8 Å². The minimum absolute atomic E-state index is 0.368. The Kier molecular flexibility index (Phi) is 1.85. The summed E-state index contributed by atoms with van der Waals surface area (Å²) in [5, 5.41) is 0. The van der Waals surface area contributed by atoms with Gasteiger partial charge in [-0.2, -0.15) is 0 Å². The quantitative estimate of drug-likeness (QED) is 0.622. The maximum absolute atomic E-state index is 5.41. The maximum Gasteiger partial charge on any atom is 0.0948 e. The molecule has 0 aliphatic heterocycles. The average Bonchev–Trinajstić information content (AvgIpc) is 2.37. The number of nitrogens with two attached hydrogens (primary N) is 1. The van der Waals surface area contributed by atoms with Gasteiger partial charge < -0.3 is 10.3 Å². The highest BCUT2D eigenvalue weighted by Gasteiger charge is 1.97. The molecule has 1 rings (SSSR count). The zero-order valence-corrected chi connectivity index (χ0v) is 5.49. The summed E-state index contributed by atoms with van der Waals surface area (Å²) in [6.07, 6.45) is 5.45. The van der Waals surface area contributed by atoms with Gasteiger partial charge in [-0.15, -0.1) is 0 Å². The van der Waals surface area contributed by atoms with Crippen molar-refractivity contribution in [1.82, 2.24) is 9.55 Å². The van der Waals surface area contributed by atoms with Crippen LogP contribution in [0.5, 0.6) is 0 Å². The number of aromatic nitrogens is 2. The SMILES string of the molecule is C[C@@H](CN)n1ccnc1. The molecule has 0 fully saturated rings. The highest BCUT2D eigenvalue weighted by atomic mass is 15.1. The maximum atomic E-state index is 5.41. The first kappa shape index (κ1) is 6.29. The molecule has 0 unspecified atom stereocenters. The van der Waals surface area contributed by atoms with E-state index >= 15 is 0 Å². The van der Waals surface area contributed by atoms with Gasteiger partial charge in [0.1, 0.15) is 0 Å². The minimum Gasteiger partial charge on any atom is -0.333 e. The molecule has 0 aromatic carbocycles. The summed E-state index contributed by atoms with van der Waals surface area (Å²) in [6, 6.07) is 0.368. The van der Waals surface area contributed by atoms with E-state index in [1.165, 1.54) is 0 Å². The Bertz CT molecular complexity index is 157. The Morgan fingerprint density at radius 3 is 3.00 bits per heavy atom. The molecule has 0 spiro atoms. The van der Waals surface area contributed by atoms with Gasteiger partial charge >= 0.3 is 0 Å². The largest absolute Gasteiger partial charge is 0.333 e. The van der Waals surface area contributed by atoms with Gasteiger partial charge in [0, 0.05) is 25.0 Å². The van der Waals surface area contributed by atoms with Gasteiger partial charge in [0.15, 0.2) is 0 Å². The number of rotatable bonds is 2. The van der Waals surface area contributed by atoms with E-state index in [4.69, 9.17) is 5.73 Å². The van der Waals surface area contributed by atoms with Crippen molar-refractivity contribution < 1.29 is 0 Å². The van der Waals surface area contributed by atoms with Crippen molar-refractivity contribution in [2.24, 2.45) is 5.73 Å². The molecule has 2 N–H and O–H groups in total. The second-order valence-electron chi connectivity index (χ2n) is 2.09. The lowest BCUT2D eigenvalue weighted by atomic mass is 10.3. The Balaban J connectivity index is 2.65. The van der Waals surface area contributed by atoms with E-state index in [9.17, 15) is 0 Å². The summed E-state index contributed by atoms with van der Waals surface area (Å²) in [6.45, 7) is 2.72. The smallest absolute Gasteiger partial charge is 0.0948 e. The molecule has 1 aromatic rings. The second-order valence-corrected chi connectivity index (χ2v) is 2.09. The fourth-order valence-electron chi connectivity index (χ4n) is 0.652. The lowest BCUT2D eigenvalue weighted by Gasteiger charge is -2.07. The molecule has 3 nitrogen and oxygen atoms in total. The number of imidazole rings is 1. The van der Waals surface area contributed by atoms with Crippen molar-refractivity contribution >= 4 is 0 Å². The second kappa shape index (κ2) is 2.64. The van der Waals surface area contributed by atoms with Crippen LogP contribution in [0.4, 0.5) is 0 Å². The van der Waals surface area contributed by atoms with Gasteiger partial charge in [-0.3, -0.25) is 0 Å². The van der Waals surface area contributed by atoms with E-state index < -0.39 is 0 Å². The lowest BCUT2D eigenvalue weighted by molar-refractivity contribution is 0.558. The summed E-state index contributed by atoms with van der Waals surface area (Å²) < 4.78 is 1.99. The summed E-state index contributed by atoms with van der Waals surface area (Å²) in [4.78, 5) is 3.90. The molecule has 1 aromatic heterocycles.